The lowest BCUT2D eigenvalue weighted by Gasteiger charge is -2.17. The molecule has 1 heterocycles. The van der Waals surface area contributed by atoms with Gasteiger partial charge in [-0.3, -0.25) is 4.98 Å². The molecule has 4 heteroatoms. The summed E-state index contributed by atoms with van der Waals surface area (Å²) in [5.41, 5.74) is 1.67. The van der Waals surface area contributed by atoms with Crippen molar-refractivity contribution >= 4 is 0 Å². The van der Waals surface area contributed by atoms with Gasteiger partial charge in [0.25, 0.3) is 0 Å². The van der Waals surface area contributed by atoms with Crippen molar-refractivity contribution in [1.82, 2.24) is 9.88 Å². The molecule has 21 heavy (non-hydrogen) atoms. The number of benzene rings is 1. The highest BCUT2D eigenvalue weighted by Crippen LogP contribution is 2.16. The van der Waals surface area contributed by atoms with Gasteiger partial charge in [-0.05, 0) is 31.3 Å². The number of nitriles is 1. The first-order valence-corrected chi connectivity index (χ1v) is 7.00. The lowest BCUT2D eigenvalue weighted by atomic mass is 10.2. The largest absolute Gasteiger partial charge is 0.491 e. The zero-order valence-corrected chi connectivity index (χ0v) is 12.2. The predicted octanol–water partition coefficient (Wildman–Crippen LogP) is 2.51. The standard InChI is InChI=1S/C17H19N3O/c1-20(11-9-16-7-4-5-10-19-16)12-13-21-17-8-3-2-6-15(17)14-18/h2-8,10H,9,11-13H2,1H3. The van der Waals surface area contributed by atoms with E-state index in [0.29, 0.717) is 17.9 Å². The van der Waals surface area contributed by atoms with Crippen LogP contribution in [0.3, 0.4) is 0 Å². The molecule has 4 nitrogen and oxygen atoms in total. The molecule has 1 aromatic heterocycles. The lowest BCUT2D eigenvalue weighted by molar-refractivity contribution is 0.238. The minimum atomic E-state index is 0.567. The zero-order chi connectivity index (χ0) is 14.9. The summed E-state index contributed by atoms with van der Waals surface area (Å²) in [6.07, 6.45) is 2.74. The van der Waals surface area contributed by atoms with E-state index in [-0.39, 0.29) is 0 Å². The lowest BCUT2D eigenvalue weighted by Crippen LogP contribution is -2.26. The van der Waals surface area contributed by atoms with Crippen LogP contribution in [0.25, 0.3) is 0 Å². The molecule has 0 spiro atoms. The smallest absolute Gasteiger partial charge is 0.137 e. The van der Waals surface area contributed by atoms with Gasteiger partial charge in [0.2, 0.25) is 0 Å². The minimum Gasteiger partial charge on any atom is -0.491 e. The van der Waals surface area contributed by atoms with Gasteiger partial charge in [0.05, 0.1) is 5.56 Å². The highest BCUT2D eigenvalue weighted by molar-refractivity contribution is 5.42. The Kier molecular flexibility index (Phi) is 5.74. The van der Waals surface area contributed by atoms with Gasteiger partial charge in [0.15, 0.2) is 0 Å². The van der Waals surface area contributed by atoms with Gasteiger partial charge >= 0.3 is 0 Å². The Hall–Kier alpha value is -2.38. The van der Waals surface area contributed by atoms with Crippen LogP contribution in [-0.2, 0) is 6.42 Å². The molecule has 0 unspecified atom stereocenters. The monoisotopic (exact) mass is 281 g/mol. The van der Waals surface area contributed by atoms with Crippen molar-refractivity contribution in [3.8, 4) is 11.8 Å². The van der Waals surface area contributed by atoms with E-state index < -0.39 is 0 Å². The number of likely N-dealkylation sites (N-methyl/N-ethyl adjacent to an activating group) is 1. The van der Waals surface area contributed by atoms with Crippen molar-refractivity contribution in [3.63, 3.8) is 0 Å². The average Bonchev–Trinajstić information content (AvgIpc) is 2.54. The third-order valence-electron chi connectivity index (χ3n) is 3.21. The summed E-state index contributed by atoms with van der Waals surface area (Å²) in [5, 5.41) is 8.99. The van der Waals surface area contributed by atoms with E-state index in [4.69, 9.17) is 10.00 Å². The average molecular weight is 281 g/mol. The summed E-state index contributed by atoms with van der Waals surface area (Å²) in [7, 11) is 2.06. The summed E-state index contributed by atoms with van der Waals surface area (Å²) in [6.45, 7) is 2.31. The van der Waals surface area contributed by atoms with E-state index in [1.54, 1.807) is 6.07 Å². The van der Waals surface area contributed by atoms with Gasteiger partial charge in [-0.1, -0.05) is 18.2 Å². The van der Waals surface area contributed by atoms with E-state index >= 15 is 0 Å². The molecule has 0 saturated carbocycles. The second kappa shape index (κ2) is 8.03. The summed E-state index contributed by atoms with van der Waals surface area (Å²) in [6, 6.07) is 15.4. The van der Waals surface area contributed by atoms with Crippen molar-refractivity contribution < 1.29 is 4.74 Å². The molecular weight excluding hydrogens is 262 g/mol. The van der Waals surface area contributed by atoms with E-state index in [1.165, 1.54) is 0 Å². The first-order chi connectivity index (χ1) is 10.3. The van der Waals surface area contributed by atoms with Crippen LogP contribution in [0, 0.1) is 11.3 Å². The fraction of sp³-hybridized carbons (Fsp3) is 0.294. The maximum atomic E-state index is 8.99. The molecule has 1 aromatic carbocycles. The van der Waals surface area contributed by atoms with Crippen LogP contribution >= 0.6 is 0 Å². The zero-order valence-electron chi connectivity index (χ0n) is 12.2. The van der Waals surface area contributed by atoms with Crippen LogP contribution < -0.4 is 4.74 Å². The van der Waals surface area contributed by atoms with Gasteiger partial charge in [0.1, 0.15) is 18.4 Å². The highest BCUT2D eigenvalue weighted by atomic mass is 16.5. The molecule has 2 aromatic rings. The van der Waals surface area contributed by atoms with Crippen LogP contribution in [0.15, 0.2) is 48.7 Å². The third kappa shape index (κ3) is 4.90. The summed E-state index contributed by atoms with van der Waals surface area (Å²) < 4.78 is 5.67. The maximum absolute atomic E-state index is 8.99. The molecule has 0 aliphatic carbocycles. The number of aromatic nitrogens is 1. The third-order valence-corrected chi connectivity index (χ3v) is 3.21. The van der Waals surface area contributed by atoms with Crippen molar-refractivity contribution in [2.45, 2.75) is 6.42 Å². The molecule has 0 aliphatic rings. The summed E-state index contributed by atoms with van der Waals surface area (Å²) >= 11 is 0. The number of hydrogen-bond acceptors (Lipinski definition) is 4. The quantitative estimate of drug-likeness (QED) is 0.782. The molecular formula is C17H19N3O. The maximum Gasteiger partial charge on any atom is 0.137 e. The van der Waals surface area contributed by atoms with Crippen molar-refractivity contribution in [3.05, 3.63) is 59.9 Å². The van der Waals surface area contributed by atoms with Crippen LogP contribution in [0.1, 0.15) is 11.3 Å². The van der Waals surface area contributed by atoms with Gasteiger partial charge in [-0.25, -0.2) is 0 Å². The normalized spacial score (nSPS) is 10.3. The van der Waals surface area contributed by atoms with E-state index in [2.05, 4.69) is 23.0 Å². The Balaban J connectivity index is 1.72. The number of hydrogen-bond donors (Lipinski definition) is 0. The second-order valence-corrected chi connectivity index (χ2v) is 4.83. The minimum absolute atomic E-state index is 0.567. The topological polar surface area (TPSA) is 49.1 Å². The molecule has 0 atom stereocenters. The van der Waals surface area contributed by atoms with Crippen molar-refractivity contribution in [1.29, 1.82) is 5.26 Å². The molecule has 0 bridgehead atoms. The Morgan fingerprint density at radius 2 is 1.95 bits per heavy atom. The molecule has 0 fully saturated rings. The van der Waals surface area contributed by atoms with Crippen LogP contribution in [0.4, 0.5) is 0 Å². The number of pyridine rings is 1. The number of para-hydroxylation sites is 1. The van der Waals surface area contributed by atoms with Crippen molar-refractivity contribution in [2.75, 3.05) is 26.7 Å². The highest BCUT2D eigenvalue weighted by Gasteiger charge is 2.03. The van der Waals surface area contributed by atoms with Gasteiger partial charge in [-0.2, -0.15) is 5.26 Å². The van der Waals surface area contributed by atoms with Crippen molar-refractivity contribution in [2.24, 2.45) is 0 Å². The molecule has 0 amide bonds. The first kappa shape index (κ1) is 15.0. The van der Waals surface area contributed by atoms with E-state index in [1.807, 2.05) is 42.6 Å². The summed E-state index contributed by atoms with van der Waals surface area (Å²) in [5.74, 6) is 0.651. The molecule has 2 rings (SSSR count). The second-order valence-electron chi connectivity index (χ2n) is 4.83. The SMILES string of the molecule is CN(CCOc1ccccc1C#N)CCc1ccccn1. The fourth-order valence-corrected chi connectivity index (χ4v) is 1.96. The molecule has 0 saturated heterocycles. The Morgan fingerprint density at radius 1 is 1.14 bits per heavy atom. The van der Waals surface area contributed by atoms with Crippen LogP contribution in [0.5, 0.6) is 5.75 Å². The predicted molar refractivity (Wildman–Crippen MR) is 82.1 cm³/mol. The van der Waals surface area contributed by atoms with Crippen LogP contribution in [-0.4, -0.2) is 36.6 Å². The van der Waals surface area contributed by atoms with Gasteiger partial charge < -0.3 is 9.64 Å². The number of rotatable bonds is 7. The Morgan fingerprint density at radius 3 is 2.71 bits per heavy atom. The van der Waals surface area contributed by atoms with E-state index in [9.17, 15) is 0 Å². The Labute approximate surface area is 125 Å². The van der Waals surface area contributed by atoms with E-state index in [0.717, 1.165) is 25.2 Å². The molecule has 0 N–H and O–H groups in total. The first-order valence-electron chi connectivity index (χ1n) is 7.00. The Bertz CT molecular complexity index is 592. The molecule has 108 valence electrons. The molecule has 0 aliphatic heterocycles. The number of nitrogens with zero attached hydrogens (tertiary/aromatic N) is 3. The van der Waals surface area contributed by atoms with Gasteiger partial charge in [0, 0.05) is 31.4 Å². The van der Waals surface area contributed by atoms with Gasteiger partial charge in [-0.15, -0.1) is 0 Å². The molecule has 0 radical (unpaired) electrons. The van der Waals surface area contributed by atoms with Crippen LogP contribution in [0.2, 0.25) is 0 Å². The number of ether oxygens (including phenoxy) is 1. The summed E-state index contributed by atoms with van der Waals surface area (Å²) in [4.78, 5) is 6.51. The fourth-order valence-electron chi connectivity index (χ4n) is 1.96.